The van der Waals surface area contributed by atoms with Gasteiger partial charge in [-0.05, 0) is 41.7 Å². The average Bonchev–Trinajstić information content (AvgIpc) is 2.46. The fraction of sp³-hybridized carbons (Fsp3) is 0.294. The summed E-state index contributed by atoms with van der Waals surface area (Å²) in [6.07, 6.45) is 2.05. The highest BCUT2D eigenvalue weighted by atomic mass is 16.5. The van der Waals surface area contributed by atoms with Gasteiger partial charge in [0.25, 0.3) is 0 Å². The molecule has 0 aliphatic carbocycles. The van der Waals surface area contributed by atoms with Crippen molar-refractivity contribution >= 4 is 5.69 Å². The van der Waals surface area contributed by atoms with E-state index in [0.717, 1.165) is 24.2 Å². The van der Waals surface area contributed by atoms with E-state index in [1.165, 1.54) is 11.1 Å². The number of hydrogen-bond donors (Lipinski definition) is 1. The summed E-state index contributed by atoms with van der Waals surface area (Å²) in [5.74, 6) is 0.761. The molecule has 0 amide bonds. The van der Waals surface area contributed by atoms with Crippen molar-refractivity contribution in [2.45, 2.75) is 33.3 Å². The highest BCUT2D eigenvalue weighted by Crippen LogP contribution is 2.23. The molecule has 100 valence electrons. The predicted molar refractivity (Wildman–Crippen MR) is 80.4 cm³/mol. The largest absolute Gasteiger partial charge is 0.487 e. The molecule has 0 unspecified atom stereocenters. The standard InChI is InChI=1S/C17H21NO/c1-3-13-5-7-15(8-6-13)12-19-17-10-9-14(4-2)11-16(17)18/h5-11H,3-4,12,18H2,1-2H3. The van der Waals surface area contributed by atoms with Crippen LogP contribution in [-0.2, 0) is 19.4 Å². The van der Waals surface area contributed by atoms with Crippen molar-refractivity contribution in [1.82, 2.24) is 0 Å². The van der Waals surface area contributed by atoms with Crippen LogP contribution in [0.1, 0.15) is 30.5 Å². The molecule has 0 saturated carbocycles. The number of aryl methyl sites for hydroxylation is 2. The number of nitrogen functional groups attached to an aromatic ring is 1. The summed E-state index contributed by atoms with van der Waals surface area (Å²) in [4.78, 5) is 0. The zero-order valence-corrected chi connectivity index (χ0v) is 11.6. The van der Waals surface area contributed by atoms with Gasteiger partial charge in [-0.15, -0.1) is 0 Å². The summed E-state index contributed by atoms with van der Waals surface area (Å²) in [5, 5.41) is 0. The lowest BCUT2D eigenvalue weighted by Gasteiger charge is -2.10. The van der Waals surface area contributed by atoms with Gasteiger partial charge >= 0.3 is 0 Å². The molecule has 2 nitrogen and oxygen atoms in total. The Labute approximate surface area is 115 Å². The molecule has 0 radical (unpaired) electrons. The SMILES string of the molecule is CCc1ccc(COc2ccc(CC)cc2N)cc1. The molecule has 0 atom stereocenters. The van der Waals surface area contributed by atoms with Crippen LogP contribution < -0.4 is 10.5 Å². The minimum absolute atomic E-state index is 0.555. The van der Waals surface area contributed by atoms with Crippen molar-refractivity contribution < 1.29 is 4.74 Å². The third-order valence-corrected chi connectivity index (χ3v) is 3.31. The van der Waals surface area contributed by atoms with E-state index < -0.39 is 0 Å². The van der Waals surface area contributed by atoms with Gasteiger partial charge in [-0.1, -0.05) is 44.2 Å². The van der Waals surface area contributed by atoms with Gasteiger partial charge < -0.3 is 10.5 Å². The predicted octanol–water partition coefficient (Wildman–Crippen LogP) is 3.97. The van der Waals surface area contributed by atoms with E-state index in [0.29, 0.717) is 12.3 Å². The minimum Gasteiger partial charge on any atom is -0.487 e. The average molecular weight is 255 g/mol. The third-order valence-electron chi connectivity index (χ3n) is 3.31. The Bertz CT molecular complexity index is 531. The fourth-order valence-electron chi connectivity index (χ4n) is 1.98. The number of hydrogen-bond acceptors (Lipinski definition) is 2. The van der Waals surface area contributed by atoms with Crippen LogP contribution in [0.4, 0.5) is 5.69 Å². The Hall–Kier alpha value is -1.96. The lowest BCUT2D eigenvalue weighted by Crippen LogP contribution is -1.99. The number of rotatable bonds is 5. The van der Waals surface area contributed by atoms with E-state index in [2.05, 4.69) is 44.2 Å². The van der Waals surface area contributed by atoms with E-state index in [1.807, 2.05) is 12.1 Å². The molecule has 19 heavy (non-hydrogen) atoms. The van der Waals surface area contributed by atoms with Gasteiger partial charge in [0.2, 0.25) is 0 Å². The zero-order chi connectivity index (χ0) is 13.7. The topological polar surface area (TPSA) is 35.2 Å². The van der Waals surface area contributed by atoms with Gasteiger partial charge in [0.15, 0.2) is 0 Å². The first-order valence-electron chi connectivity index (χ1n) is 6.82. The monoisotopic (exact) mass is 255 g/mol. The normalized spacial score (nSPS) is 10.4. The van der Waals surface area contributed by atoms with E-state index >= 15 is 0 Å². The summed E-state index contributed by atoms with van der Waals surface area (Å²) >= 11 is 0. The number of ether oxygens (including phenoxy) is 1. The van der Waals surface area contributed by atoms with Crippen molar-refractivity contribution in [1.29, 1.82) is 0 Å². The molecule has 0 aliphatic heterocycles. The van der Waals surface area contributed by atoms with E-state index in [4.69, 9.17) is 10.5 Å². The molecule has 0 heterocycles. The van der Waals surface area contributed by atoms with Crippen molar-refractivity contribution in [3.05, 3.63) is 59.2 Å². The maximum absolute atomic E-state index is 5.98. The lowest BCUT2D eigenvalue weighted by molar-refractivity contribution is 0.308. The lowest BCUT2D eigenvalue weighted by atomic mass is 10.1. The first-order valence-corrected chi connectivity index (χ1v) is 6.82. The second kappa shape index (κ2) is 6.28. The maximum Gasteiger partial charge on any atom is 0.142 e. The summed E-state index contributed by atoms with van der Waals surface area (Å²) in [6.45, 7) is 4.83. The molecule has 2 aromatic carbocycles. The van der Waals surface area contributed by atoms with Crippen molar-refractivity contribution in [3.63, 3.8) is 0 Å². The van der Waals surface area contributed by atoms with Crippen molar-refractivity contribution in [2.24, 2.45) is 0 Å². The molecule has 0 fully saturated rings. The summed E-state index contributed by atoms with van der Waals surface area (Å²) in [7, 11) is 0. The fourth-order valence-corrected chi connectivity index (χ4v) is 1.98. The van der Waals surface area contributed by atoms with Crippen LogP contribution in [-0.4, -0.2) is 0 Å². The molecular weight excluding hydrogens is 234 g/mol. The van der Waals surface area contributed by atoms with Crippen LogP contribution >= 0.6 is 0 Å². The quantitative estimate of drug-likeness (QED) is 0.820. The van der Waals surface area contributed by atoms with Gasteiger partial charge in [0.1, 0.15) is 12.4 Å². The van der Waals surface area contributed by atoms with Crippen LogP contribution in [0, 0.1) is 0 Å². The van der Waals surface area contributed by atoms with Gasteiger partial charge in [0.05, 0.1) is 5.69 Å². The number of benzene rings is 2. The molecule has 0 aliphatic rings. The van der Waals surface area contributed by atoms with Crippen LogP contribution in [0.15, 0.2) is 42.5 Å². The summed E-state index contributed by atoms with van der Waals surface area (Å²) in [6, 6.07) is 14.5. The molecule has 0 spiro atoms. The van der Waals surface area contributed by atoms with Crippen LogP contribution in [0.2, 0.25) is 0 Å². The molecule has 2 aromatic rings. The number of nitrogens with two attached hydrogens (primary N) is 1. The Morgan fingerprint density at radius 2 is 1.42 bits per heavy atom. The van der Waals surface area contributed by atoms with Crippen molar-refractivity contribution in [3.8, 4) is 5.75 Å². The molecule has 0 aromatic heterocycles. The van der Waals surface area contributed by atoms with E-state index in [9.17, 15) is 0 Å². The van der Waals surface area contributed by atoms with Crippen LogP contribution in [0.3, 0.4) is 0 Å². The summed E-state index contributed by atoms with van der Waals surface area (Å²) < 4.78 is 5.77. The molecule has 2 N–H and O–H groups in total. The second-order valence-electron chi connectivity index (χ2n) is 4.68. The molecular formula is C17H21NO. The Balaban J connectivity index is 2.01. The Kier molecular flexibility index (Phi) is 4.45. The van der Waals surface area contributed by atoms with Gasteiger partial charge in [-0.2, -0.15) is 0 Å². The first kappa shape index (κ1) is 13.5. The Morgan fingerprint density at radius 3 is 2.00 bits per heavy atom. The summed E-state index contributed by atoms with van der Waals surface area (Å²) in [5.41, 5.74) is 10.4. The third kappa shape index (κ3) is 3.50. The molecule has 2 rings (SSSR count). The van der Waals surface area contributed by atoms with E-state index in [-0.39, 0.29) is 0 Å². The van der Waals surface area contributed by atoms with Crippen LogP contribution in [0.5, 0.6) is 5.75 Å². The Morgan fingerprint density at radius 1 is 0.842 bits per heavy atom. The second-order valence-corrected chi connectivity index (χ2v) is 4.68. The number of anilines is 1. The van der Waals surface area contributed by atoms with Crippen LogP contribution in [0.25, 0.3) is 0 Å². The van der Waals surface area contributed by atoms with Gasteiger partial charge in [-0.25, -0.2) is 0 Å². The minimum atomic E-state index is 0.555. The molecule has 0 bridgehead atoms. The van der Waals surface area contributed by atoms with Crippen molar-refractivity contribution in [2.75, 3.05) is 5.73 Å². The maximum atomic E-state index is 5.98. The zero-order valence-electron chi connectivity index (χ0n) is 11.6. The highest BCUT2D eigenvalue weighted by molar-refractivity contribution is 5.54. The van der Waals surface area contributed by atoms with E-state index in [1.54, 1.807) is 0 Å². The molecule has 0 saturated heterocycles. The molecule has 2 heteroatoms. The van der Waals surface area contributed by atoms with Gasteiger partial charge in [0, 0.05) is 0 Å². The van der Waals surface area contributed by atoms with Gasteiger partial charge in [-0.3, -0.25) is 0 Å². The smallest absolute Gasteiger partial charge is 0.142 e. The first-order chi connectivity index (χ1) is 9.22. The highest BCUT2D eigenvalue weighted by Gasteiger charge is 2.02.